The second-order valence-electron chi connectivity index (χ2n) is 4.29. The Kier molecular flexibility index (Phi) is 5.17. The van der Waals surface area contributed by atoms with Crippen molar-refractivity contribution in [2.45, 2.75) is 15.3 Å². The number of phenolic OH excluding ortho intramolecular Hbond substituents is 1. The Hall–Kier alpha value is -1.39. The Labute approximate surface area is 142 Å². The number of nitrogens with one attached hydrogen (secondary N) is 1. The van der Waals surface area contributed by atoms with Crippen molar-refractivity contribution < 1.29 is 26.7 Å². The van der Waals surface area contributed by atoms with E-state index in [0.717, 1.165) is 12.1 Å². The Morgan fingerprint density at radius 1 is 1.13 bits per heavy atom. The van der Waals surface area contributed by atoms with Crippen LogP contribution in [0.4, 0.5) is 18.9 Å². The molecule has 2 rings (SSSR count). The zero-order valence-electron chi connectivity index (χ0n) is 11.1. The van der Waals surface area contributed by atoms with Gasteiger partial charge in [-0.2, -0.15) is 13.2 Å². The summed E-state index contributed by atoms with van der Waals surface area (Å²) in [4.78, 5) is -0.358. The minimum atomic E-state index is -4.46. The molecule has 2 N–H and O–H groups in total. The number of hydrogen-bond donors (Lipinski definition) is 2. The molecule has 0 atom stereocenters. The van der Waals surface area contributed by atoms with Crippen LogP contribution in [0.25, 0.3) is 0 Å². The maximum atomic E-state index is 12.4. The molecular formula is C13H9BrF3NO3S2. The predicted octanol–water partition coefficient (Wildman–Crippen LogP) is 4.57. The van der Waals surface area contributed by atoms with Crippen LogP contribution in [0.5, 0.6) is 5.75 Å². The van der Waals surface area contributed by atoms with Crippen LogP contribution in [-0.2, 0) is 10.0 Å². The number of hydrogen-bond acceptors (Lipinski definition) is 4. The van der Waals surface area contributed by atoms with E-state index < -0.39 is 15.5 Å². The highest BCUT2D eigenvalue weighted by Gasteiger charge is 2.29. The van der Waals surface area contributed by atoms with Crippen molar-refractivity contribution in [1.82, 2.24) is 0 Å². The van der Waals surface area contributed by atoms with Crippen molar-refractivity contribution in [3.8, 4) is 5.75 Å². The van der Waals surface area contributed by atoms with Crippen molar-refractivity contribution in [2.75, 3.05) is 4.72 Å². The molecule has 0 spiro atoms. The lowest BCUT2D eigenvalue weighted by molar-refractivity contribution is -0.0328. The summed E-state index contributed by atoms with van der Waals surface area (Å²) in [6, 6.07) is 8.57. The molecule has 0 amide bonds. The van der Waals surface area contributed by atoms with Crippen LogP contribution in [0.3, 0.4) is 0 Å². The lowest BCUT2D eigenvalue weighted by Crippen LogP contribution is -2.13. The summed E-state index contributed by atoms with van der Waals surface area (Å²) in [5, 5.41) is 9.53. The Balaban J connectivity index is 2.27. The Bertz CT molecular complexity index is 825. The van der Waals surface area contributed by atoms with E-state index >= 15 is 0 Å². The molecule has 0 aliphatic carbocycles. The summed E-state index contributed by atoms with van der Waals surface area (Å²) in [6.45, 7) is 0. The fourth-order valence-corrected chi connectivity index (χ4v) is 3.55. The molecule has 0 bridgehead atoms. The van der Waals surface area contributed by atoms with Crippen LogP contribution in [0, 0.1) is 0 Å². The topological polar surface area (TPSA) is 66.4 Å². The molecule has 2 aromatic carbocycles. The van der Waals surface area contributed by atoms with Gasteiger partial charge in [0.1, 0.15) is 5.75 Å². The van der Waals surface area contributed by atoms with Crippen LogP contribution in [-0.4, -0.2) is 19.0 Å². The van der Waals surface area contributed by atoms with Crippen LogP contribution in [0.1, 0.15) is 0 Å². The first-order valence-electron chi connectivity index (χ1n) is 5.94. The Morgan fingerprint density at radius 2 is 1.83 bits per heavy atom. The van der Waals surface area contributed by atoms with Gasteiger partial charge in [0, 0.05) is 16.6 Å². The highest BCUT2D eigenvalue weighted by atomic mass is 79.9. The van der Waals surface area contributed by atoms with Gasteiger partial charge in [-0.05, 0) is 58.0 Å². The number of thioether (sulfide) groups is 1. The van der Waals surface area contributed by atoms with Gasteiger partial charge in [0.25, 0.3) is 10.0 Å². The van der Waals surface area contributed by atoms with Crippen LogP contribution < -0.4 is 4.72 Å². The molecule has 0 fully saturated rings. The van der Waals surface area contributed by atoms with E-state index in [0.29, 0.717) is 4.47 Å². The number of alkyl halides is 3. The number of halogens is 4. The van der Waals surface area contributed by atoms with Crippen molar-refractivity contribution >= 4 is 43.4 Å². The van der Waals surface area contributed by atoms with E-state index in [1.807, 2.05) is 0 Å². The van der Waals surface area contributed by atoms with Gasteiger partial charge in [0.15, 0.2) is 0 Å². The third-order valence-corrected chi connectivity index (χ3v) is 5.32. The summed E-state index contributed by atoms with van der Waals surface area (Å²) in [5.41, 5.74) is -4.48. The summed E-state index contributed by atoms with van der Waals surface area (Å²) in [6.07, 6.45) is 0. The van der Waals surface area contributed by atoms with E-state index in [4.69, 9.17) is 0 Å². The van der Waals surface area contributed by atoms with E-state index in [1.165, 1.54) is 30.3 Å². The van der Waals surface area contributed by atoms with E-state index in [2.05, 4.69) is 20.7 Å². The maximum Gasteiger partial charge on any atom is 0.446 e. The number of aromatic hydroxyl groups is 1. The van der Waals surface area contributed by atoms with Gasteiger partial charge in [-0.25, -0.2) is 8.42 Å². The SMILES string of the molecule is O=S(=O)(Nc1cccc(SC(F)(F)F)c1)c1ccc(Br)c(O)c1. The minimum Gasteiger partial charge on any atom is -0.507 e. The summed E-state index contributed by atoms with van der Waals surface area (Å²) < 4.78 is 63.9. The molecule has 0 aromatic heterocycles. The van der Waals surface area contributed by atoms with Gasteiger partial charge < -0.3 is 5.11 Å². The fraction of sp³-hybridized carbons (Fsp3) is 0.0769. The van der Waals surface area contributed by atoms with E-state index in [9.17, 15) is 26.7 Å². The molecule has 2 aromatic rings. The number of phenols is 1. The lowest BCUT2D eigenvalue weighted by Gasteiger charge is -2.11. The molecular weight excluding hydrogens is 419 g/mol. The predicted molar refractivity (Wildman–Crippen MR) is 85.0 cm³/mol. The van der Waals surface area contributed by atoms with Crippen molar-refractivity contribution in [1.29, 1.82) is 0 Å². The lowest BCUT2D eigenvalue weighted by atomic mass is 10.3. The molecule has 0 radical (unpaired) electrons. The number of sulfonamides is 1. The summed E-state index contributed by atoms with van der Waals surface area (Å²) in [5.74, 6) is -0.269. The van der Waals surface area contributed by atoms with Gasteiger partial charge in [0.05, 0.1) is 9.37 Å². The van der Waals surface area contributed by atoms with Crippen molar-refractivity contribution in [3.05, 3.63) is 46.9 Å². The monoisotopic (exact) mass is 427 g/mol. The maximum absolute atomic E-state index is 12.4. The highest BCUT2D eigenvalue weighted by molar-refractivity contribution is 9.10. The highest BCUT2D eigenvalue weighted by Crippen LogP contribution is 2.37. The number of benzene rings is 2. The molecule has 124 valence electrons. The first-order valence-corrected chi connectivity index (χ1v) is 9.03. The second-order valence-corrected chi connectivity index (χ2v) is 7.97. The molecule has 0 aliphatic heterocycles. The molecule has 4 nitrogen and oxygen atoms in total. The van der Waals surface area contributed by atoms with Gasteiger partial charge in [-0.15, -0.1) is 0 Å². The van der Waals surface area contributed by atoms with Crippen molar-refractivity contribution in [2.24, 2.45) is 0 Å². The largest absolute Gasteiger partial charge is 0.507 e. The minimum absolute atomic E-state index is 0.0124. The molecule has 0 unspecified atom stereocenters. The molecule has 10 heteroatoms. The number of rotatable bonds is 4. The molecule has 0 saturated carbocycles. The fourth-order valence-electron chi connectivity index (χ4n) is 1.63. The third-order valence-electron chi connectivity index (χ3n) is 2.55. The molecule has 0 aliphatic rings. The molecule has 0 heterocycles. The van der Waals surface area contributed by atoms with Gasteiger partial charge in [0.2, 0.25) is 0 Å². The van der Waals surface area contributed by atoms with Gasteiger partial charge >= 0.3 is 5.51 Å². The quantitative estimate of drug-likeness (QED) is 0.701. The normalized spacial score (nSPS) is 12.2. The van der Waals surface area contributed by atoms with Gasteiger partial charge in [-0.3, -0.25) is 4.72 Å². The Morgan fingerprint density at radius 3 is 2.43 bits per heavy atom. The standard InChI is InChI=1S/C13H9BrF3NO3S2/c14-11-5-4-10(7-12(11)19)23(20,21)18-8-2-1-3-9(6-8)22-13(15,16)17/h1-7,18-19H. The number of anilines is 1. The summed E-state index contributed by atoms with van der Waals surface area (Å²) >= 11 is 2.69. The third kappa shape index (κ3) is 5.05. The van der Waals surface area contributed by atoms with Crippen molar-refractivity contribution in [3.63, 3.8) is 0 Å². The van der Waals surface area contributed by atoms with Gasteiger partial charge in [-0.1, -0.05) is 6.07 Å². The van der Waals surface area contributed by atoms with Crippen LogP contribution >= 0.6 is 27.7 Å². The average Bonchev–Trinajstić information content (AvgIpc) is 2.39. The first kappa shape index (κ1) is 18.0. The summed E-state index contributed by atoms with van der Waals surface area (Å²) in [7, 11) is -4.03. The molecule has 23 heavy (non-hydrogen) atoms. The molecule has 0 saturated heterocycles. The second kappa shape index (κ2) is 6.62. The van der Waals surface area contributed by atoms with E-state index in [-0.39, 0.29) is 33.0 Å². The smallest absolute Gasteiger partial charge is 0.446 e. The zero-order valence-corrected chi connectivity index (χ0v) is 14.4. The van der Waals surface area contributed by atoms with Crippen LogP contribution in [0.2, 0.25) is 0 Å². The van der Waals surface area contributed by atoms with Crippen LogP contribution in [0.15, 0.2) is 56.7 Å². The van der Waals surface area contributed by atoms with E-state index in [1.54, 1.807) is 0 Å². The first-order chi connectivity index (χ1) is 10.6. The average molecular weight is 428 g/mol. The zero-order chi connectivity index (χ0) is 17.3.